The molecule has 32 heteroatoms. The van der Waals surface area contributed by atoms with E-state index < -0.39 is 163 Å². The van der Waals surface area contributed by atoms with E-state index in [1.54, 1.807) is 30.3 Å². The number of hydrogen-bond donors (Lipinski definition) is 18. The normalized spacial score (nSPS) is 24.0. The number of cyclic esters (lactones) is 1. The van der Waals surface area contributed by atoms with E-state index in [1.165, 1.54) is 6.92 Å². The number of carboxylic acids is 1. The number of esters is 1. The minimum atomic E-state index is -2.81. The van der Waals surface area contributed by atoms with Crippen molar-refractivity contribution in [2.45, 2.75) is 158 Å². The first-order valence-electron chi connectivity index (χ1n) is 26.9. The Morgan fingerprint density at radius 2 is 1.28 bits per heavy atom. The molecule has 31 nitrogen and oxygen atoms in total. The summed E-state index contributed by atoms with van der Waals surface area (Å²) in [6.07, 6.45) is -2.48. The van der Waals surface area contributed by atoms with Gasteiger partial charge in [-0.05, 0) is 57.7 Å². The van der Waals surface area contributed by atoms with Gasteiger partial charge in [-0.1, -0.05) is 75.4 Å². The van der Waals surface area contributed by atoms with Crippen LogP contribution in [-0.2, 0) is 63.9 Å². The monoisotopic (exact) mass is 1200 g/mol. The third-order valence-corrected chi connectivity index (χ3v) is 12.9. The lowest BCUT2D eigenvalue weighted by Crippen LogP contribution is -2.62. The van der Waals surface area contributed by atoms with Crippen LogP contribution in [0.3, 0.4) is 0 Å². The first-order valence-corrected chi connectivity index (χ1v) is 27.5. The van der Waals surface area contributed by atoms with Crippen LogP contribution in [0.25, 0.3) is 0 Å². The van der Waals surface area contributed by atoms with Gasteiger partial charge in [-0.3, -0.25) is 48.1 Å². The van der Waals surface area contributed by atoms with Gasteiger partial charge in [0.1, 0.15) is 54.6 Å². The smallest absolute Gasteiger partial charge is 0.335 e. The lowest BCUT2D eigenvalue weighted by atomic mass is 10.0. The molecule has 11 atom stereocenters. The zero-order valence-corrected chi connectivity index (χ0v) is 47.1. The Kier molecular flexibility index (Phi) is 33.0. The van der Waals surface area contributed by atoms with Crippen LogP contribution >= 0.6 is 11.6 Å². The van der Waals surface area contributed by atoms with Gasteiger partial charge in [-0.25, -0.2) is 9.59 Å². The van der Waals surface area contributed by atoms with Gasteiger partial charge in [0.2, 0.25) is 47.3 Å². The zero-order valence-electron chi connectivity index (χ0n) is 46.3. The highest BCUT2D eigenvalue weighted by atomic mass is 35.5. The van der Waals surface area contributed by atoms with Crippen molar-refractivity contribution in [3.05, 3.63) is 47.7 Å². The quantitative estimate of drug-likeness (QED) is 0.0114. The van der Waals surface area contributed by atoms with E-state index in [2.05, 4.69) is 42.2 Å². The number of amides is 9. The van der Waals surface area contributed by atoms with E-state index in [0.29, 0.717) is 12.0 Å². The average molecular weight is 1200 g/mol. The summed E-state index contributed by atoms with van der Waals surface area (Å²) < 4.78 is 5.26. The predicted molar refractivity (Wildman–Crippen MR) is 297 cm³/mol. The number of aliphatic hydroxyl groups excluding tert-OH is 4. The number of guanidine groups is 1. The number of halogens is 1. The molecule has 0 aromatic heterocycles. The topological polar surface area (TPSA) is 523 Å². The van der Waals surface area contributed by atoms with E-state index in [0.717, 1.165) is 31.8 Å². The summed E-state index contributed by atoms with van der Waals surface area (Å²) in [5.74, 6) is -15.6. The second kappa shape index (κ2) is 38.3. The Morgan fingerprint density at radius 1 is 0.723 bits per heavy atom. The number of carboxylic acid groups (broad SMARTS) is 1. The summed E-state index contributed by atoms with van der Waals surface area (Å²) in [6, 6.07) is -6.93. The maximum absolute atomic E-state index is 14.3. The van der Waals surface area contributed by atoms with Crippen LogP contribution in [0, 0.1) is 0 Å². The predicted octanol–water partition coefficient (Wildman–Crippen LogP) is -6.42. The Hall–Kier alpha value is -7.55. The van der Waals surface area contributed by atoms with Crippen molar-refractivity contribution in [3.63, 3.8) is 0 Å². The number of rotatable bonds is 24. The molecule has 0 saturated carbocycles. The highest BCUT2D eigenvalue weighted by molar-refractivity contribution is 6.18. The number of ether oxygens (including phenoxy) is 1. The van der Waals surface area contributed by atoms with Crippen LogP contribution in [-0.4, -0.2) is 202 Å². The number of aliphatic carboxylic acids is 1. The second-order valence-corrected chi connectivity index (χ2v) is 19.5. The number of nitrogens with two attached hydrogens (primary N) is 4. The van der Waals surface area contributed by atoms with E-state index >= 15 is 0 Å². The summed E-state index contributed by atoms with van der Waals surface area (Å²) in [6.45, 7) is 0.347. The first kappa shape index (κ1) is 71.6. The van der Waals surface area contributed by atoms with Crippen molar-refractivity contribution in [1.29, 1.82) is 0 Å². The molecule has 1 fully saturated rings. The standard InChI is InChI=1S/C51H81ClN14O17/c1-3-5-6-7-11-15-28(68)23-37(70)58-35-26-83-50(82)38(36(69)24-52)65-48(79)39(40(71)49(80)81)66-41(72)29(4-2)59-45(76)33(22-27-13-9-8-10-14-27)63-42(73)30(16-12-21-57-51(55)56)60-43(74)31(17-19-53)61-44(75)32(18-20-54)62-46(77)34(25-67)64-47(35)78/h4,8-10,13-14,28,30-36,38-40,67-69,71H,3,5-7,11-12,15-26,53-54H2,1-2H3,(H,58,70)(H,59,76)(H,60,74)(H,61,75)(H,62,77)(H,63,73)(H,64,78)(H,65,79)(H,66,72)(H,80,81)(H4,55,56,57)/t28-,30?,31?,32-,33+,34?,35?,36-,38?,39+,40+/m1/s1. The Balaban J connectivity index is 2.84. The van der Waals surface area contributed by atoms with Crippen LogP contribution in [0.15, 0.2) is 47.1 Å². The van der Waals surface area contributed by atoms with E-state index in [1.807, 2.05) is 17.6 Å². The van der Waals surface area contributed by atoms with Crippen LogP contribution < -0.4 is 70.8 Å². The molecular weight excluding hydrogens is 1120 g/mol. The number of nitrogens with zero attached hydrogens (tertiary/aromatic N) is 1. The van der Waals surface area contributed by atoms with Gasteiger partial charge in [0.05, 0.1) is 31.1 Å². The second-order valence-electron chi connectivity index (χ2n) is 19.2. The molecule has 5 unspecified atom stereocenters. The summed E-state index contributed by atoms with van der Waals surface area (Å²) in [7, 11) is 0. The fraction of sp³-hybridized carbons (Fsp3) is 0.608. The van der Waals surface area contributed by atoms with E-state index in [4.69, 9.17) is 39.3 Å². The number of unbranched alkanes of at least 4 members (excludes halogenated alkanes) is 4. The number of benzene rings is 1. The summed E-state index contributed by atoms with van der Waals surface area (Å²) in [5.41, 5.74) is 22.4. The number of aliphatic hydroxyl groups is 4. The van der Waals surface area contributed by atoms with Crippen molar-refractivity contribution < 1.29 is 83.0 Å². The molecule has 1 aromatic carbocycles. The molecule has 1 aliphatic heterocycles. The Bertz CT molecular complexity index is 2400. The molecule has 9 amide bonds. The Labute approximate surface area is 484 Å². The molecule has 0 aliphatic carbocycles. The molecule has 83 heavy (non-hydrogen) atoms. The summed E-state index contributed by atoms with van der Waals surface area (Å²) in [4.78, 5) is 155. The molecule has 1 heterocycles. The van der Waals surface area contributed by atoms with Crippen LogP contribution in [0.5, 0.6) is 0 Å². The average Bonchev–Trinajstić information content (AvgIpc) is 3.52. The lowest BCUT2D eigenvalue weighted by molar-refractivity contribution is -0.155. The van der Waals surface area contributed by atoms with E-state index in [9.17, 15) is 78.3 Å². The van der Waals surface area contributed by atoms with Crippen molar-refractivity contribution in [2.24, 2.45) is 27.9 Å². The molecule has 464 valence electrons. The van der Waals surface area contributed by atoms with Gasteiger partial charge >= 0.3 is 11.9 Å². The molecule has 0 bridgehead atoms. The molecule has 1 aliphatic rings. The lowest BCUT2D eigenvalue weighted by Gasteiger charge is -2.28. The molecule has 1 aromatic rings. The van der Waals surface area contributed by atoms with Crippen molar-refractivity contribution in [3.8, 4) is 0 Å². The minimum Gasteiger partial charge on any atom is -0.479 e. The fourth-order valence-electron chi connectivity index (χ4n) is 8.02. The Morgan fingerprint density at radius 3 is 1.81 bits per heavy atom. The molecule has 2 rings (SSSR count). The van der Waals surface area contributed by atoms with Crippen LogP contribution in [0.2, 0.25) is 0 Å². The largest absolute Gasteiger partial charge is 0.479 e. The minimum absolute atomic E-state index is 0.0367. The van der Waals surface area contributed by atoms with Gasteiger partial charge in [0.15, 0.2) is 18.1 Å². The van der Waals surface area contributed by atoms with Crippen LogP contribution in [0.4, 0.5) is 0 Å². The van der Waals surface area contributed by atoms with Crippen molar-refractivity contribution in [1.82, 2.24) is 47.9 Å². The number of nitrogens with one attached hydrogen (secondary N) is 9. The van der Waals surface area contributed by atoms with Gasteiger partial charge in [0.25, 0.3) is 5.91 Å². The molecule has 0 spiro atoms. The molecule has 0 radical (unpaired) electrons. The zero-order chi connectivity index (χ0) is 62.2. The van der Waals surface area contributed by atoms with E-state index in [-0.39, 0.29) is 64.1 Å². The third kappa shape index (κ3) is 25.6. The number of hydrogen-bond acceptors (Lipinski definition) is 19. The fourth-order valence-corrected chi connectivity index (χ4v) is 8.20. The van der Waals surface area contributed by atoms with Gasteiger partial charge in [-0.15, -0.1) is 11.6 Å². The molecule has 22 N–H and O–H groups in total. The maximum atomic E-state index is 14.3. The highest BCUT2D eigenvalue weighted by Crippen LogP contribution is 2.12. The first-order chi connectivity index (χ1) is 39.4. The highest BCUT2D eigenvalue weighted by Gasteiger charge is 2.40. The van der Waals surface area contributed by atoms with Gasteiger partial charge in [0, 0.05) is 13.0 Å². The van der Waals surface area contributed by atoms with Gasteiger partial charge in [-0.2, -0.15) is 0 Å². The number of alkyl halides is 1. The summed E-state index contributed by atoms with van der Waals surface area (Å²) >= 11 is 5.87. The van der Waals surface area contributed by atoms with Crippen molar-refractivity contribution in [2.75, 3.05) is 38.7 Å². The van der Waals surface area contributed by atoms with Crippen LogP contribution in [0.1, 0.15) is 90.0 Å². The number of carbonyl (C=O) groups is 11. The molecule has 1 saturated heterocycles. The number of carbonyl (C=O) groups excluding carboxylic acids is 10. The van der Waals surface area contributed by atoms with Gasteiger partial charge < -0.3 is 101 Å². The molecular formula is C51H81ClN14O17. The third-order valence-electron chi connectivity index (χ3n) is 12.6. The van der Waals surface area contributed by atoms with Crippen molar-refractivity contribution >= 4 is 82.7 Å². The SMILES string of the molecule is CC=C1NC(=O)[C@H](Cc2ccccc2)NC(=O)C(CCCN=C(N)N)NC(=O)C(CCN)NC(=O)[C@@H](CCN)NC(=O)C(CO)NC(=O)C(NC(=O)C[C@H](O)CCCCCCC)COC(=O)C([C@H](O)CCl)NC(=O)[C@H]([C@H](O)C(=O)O)NC1=O. The summed E-state index contributed by atoms with van der Waals surface area (Å²) in [5, 5.41) is 72.9. The maximum Gasteiger partial charge on any atom is 0.335 e. The number of aliphatic imine (C=N–C) groups is 1. The number of allylic oxidation sites excluding steroid dienone is 1.